The van der Waals surface area contributed by atoms with Crippen LogP contribution in [0.3, 0.4) is 0 Å². The Labute approximate surface area is 150 Å². The molecule has 0 aliphatic carbocycles. The minimum atomic E-state index is -1.92. The number of rotatable bonds is 5. The molecule has 0 saturated heterocycles. The number of carbonyl (C=O) groups is 1. The van der Waals surface area contributed by atoms with Gasteiger partial charge in [0.1, 0.15) is 5.82 Å². The van der Waals surface area contributed by atoms with E-state index in [0.29, 0.717) is 11.1 Å². The summed E-state index contributed by atoms with van der Waals surface area (Å²) in [4.78, 5) is 12.8. The minimum Gasteiger partial charge on any atom is -0.372 e. The Morgan fingerprint density at radius 1 is 0.885 bits per heavy atom. The highest BCUT2D eigenvalue weighted by molar-refractivity contribution is 5.91. The van der Waals surface area contributed by atoms with Gasteiger partial charge in [0.25, 0.3) is 5.91 Å². The van der Waals surface area contributed by atoms with Crippen molar-refractivity contribution in [2.75, 3.05) is 0 Å². The zero-order chi connectivity index (χ0) is 18.4. The number of halogens is 1. The van der Waals surface area contributed by atoms with E-state index in [1.807, 2.05) is 0 Å². The molecule has 2 N–H and O–H groups in total. The van der Waals surface area contributed by atoms with E-state index in [0.717, 1.165) is 0 Å². The van der Waals surface area contributed by atoms with Crippen molar-refractivity contribution in [2.24, 2.45) is 5.10 Å². The molecule has 130 valence electrons. The lowest BCUT2D eigenvalue weighted by atomic mass is 9.85. The number of hydrogen-bond acceptors (Lipinski definition) is 3. The molecule has 3 rings (SSSR count). The Morgan fingerprint density at radius 2 is 1.38 bits per heavy atom. The van der Waals surface area contributed by atoms with Crippen LogP contribution in [-0.4, -0.2) is 17.2 Å². The van der Waals surface area contributed by atoms with E-state index in [9.17, 15) is 14.3 Å². The molecule has 26 heavy (non-hydrogen) atoms. The van der Waals surface area contributed by atoms with E-state index >= 15 is 0 Å². The second-order valence-corrected chi connectivity index (χ2v) is 5.66. The average molecular weight is 348 g/mol. The highest BCUT2D eigenvalue weighted by Crippen LogP contribution is 2.29. The third kappa shape index (κ3) is 3.53. The minimum absolute atomic E-state index is 0.232. The van der Waals surface area contributed by atoms with Crippen molar-refractivity contribution in [3.8, 4) is 0 Å². The fourth-order valence-electron chi connectivity index (χ4n) is 2.61. The van der Waals surface area contributed by atoms with E-state index in [-0.39, 0.29) is 5.56 Å². The predicted molar refractivity (Wildman–Crippen MR) is 98.0 cm³/mol. The number of nitrogens with zero attached hydrogens (tertiary/aromatic N) is 1. The molecule has 4 nitrogen and oxygen atoms in total. The molecule has 3 aromatic rings. The van der Waals surface area contributed by atoms with Crippen molar-refractivity contribution in [3.05, 3.63) is 107 Å². The lowest BCUT2D eigenvalue weighted by Crippen LogP contribution is -2.43. The molecule has 0 fully saturated rings. The van der Waals surface area contributed by atoms with Crippen molar-refractivity contribution >= 4 is 12.1 Å². The second kappa shape index (κ2) is 7.72. The summed E-state index contributed by atoms with van der Waals surface area (Å²) in [5.41, 5.74) is 1.43. The van der Waals surface area contributed by atoms with E-state index in [2.05, 4.69) is 10.5 Å². The van der Waals surface area contributed by atoms with E-state index < -0.39 is 17.3 Å². The number of aliphatic hydroxyl groups is 1. The van der Waals surface area contributed by atoms with Crippen LogP contribution in [0.15, 0.2) is 90.0 Å². The smallest absolute Gasteiger partial charge is 0.281 e. The van der Waals surface area contributed by atoms with Crippen molar-refractivity contribution in [1.82, 2.24) is 5.43 Å². The summed E-state index contributed by atoms with van der Waals surface area (Å²) >= 11 is 0. The number of hydrazone groups is 1. The summed E-state index contributed by atoms with van der Waals surface area (Å²) in [5.74, 6) is -1.19. The predicted octanol–water partition coefficient (Wildman–Crippen LogP) is 3.21. The van der Waals surface area contributed by atoms with Gasteiger partial charge >= 0.3 is 0 Å². The molecule has 0 aromatic heterocycles. The Kier molecular flexibility index (Phi) is 5.20. The molecular weight excluding hydrogens is 331 g/mol. The fraction of sp³-hybridized carbons (Fsp3) is 0.0476. The standard InChI is InChI=1S/C21H17FN2O2/c22-19-14-8-7-9-16(19)15-23-24-20(25)21(26,17-10-3-1-4-11-17)18-12-5-2-6-13-18/h1-15,26H,(H,24,25). The number of carbonyl (C=O) groups excluding carboxylic acids is 1. The number of nitrogens with one attached hydrogen (secondary N) is 1. The van der Waals surface area contributed by atoms with Crippen LogP contribution < -0.4 is 5.43 Å². The highest BCUT2D eigenvalue weighted by Gasteiger charge is 2.39. The van der Waals surface area contributed by atoms with Gasteiger partial charge in [-0.2, -0.15) is 5.10 Å². The first-order valence-electron chi connectivity index (χ1n) is 8.04. The molecule has 0 bridgehead atoms. The molecule has 0 heterocycles. The normalized spacial score (nSPS) is 11.5. The van der Waals surface area contributed by atoms with Crippen LogP contribution in [0.4, 0.5) is 4.39 Å². The third-order valence-electron chi connectivity index (χ3n) is 3.99. The van der Waals surface area contributed by atoms with Gasteiger partial charge in [0.2, 0.25) is 0 Å². The zero-order valence-corrected chi connectivity index (χ0v) is 13.8. The number of hydrogen-bond donors (Lipinski definition) is 2. The summed E-state index contributed by atoms with van der Waals surface area (Å²) in [6, 6.07) is 23.2. The number of benzene rings is 3. The summed E-state index contributed by atoms with van der Waals surface area (Å²) in [5, 5.41) is 15.0. The molecule has 3 aromatic carbocycles. The molecule has 0 spiro atoms. The SMILES string of the molecule is O=C(NN=Cc1ccccc1F)C(O)(c1ccccc1)c1ccccc1. The molecule has 0 unspecified atom stereocenters. The molecule has 0 radical (unpaired) electrons. The average Bonchev–Trinajstić information content (AvgIpc) is 2.70. The molecule has 5 heteroatoms. The van der Waals surface area contributed by atoms with Gasteiger partial charge < -0.3 is 5.11 Å². The molecule has 0 aliphatic heterocycles. The maximum absolute atomic E-state index is 13.6. The first kappa shape index (κ1) is 17.5. The molecular formula is C21H17FN2O2. The van der Waals surface area contributed by atoms with E-state index in [1.165, 1.54) is 18.3 Å². The van der Waals surface area contributed by atoms with Gasteiger partial charge in [-0.25, -0.2) is 9.82 Å². The van der Waals surface area contributed by atoms with Crippen LogP contribution in [0.1, 0.15) is 16.7 Å². The second-order valence-electron chi connectivity index (χ2n) is 5.66. The monoisotopic (exact) mass is 348 g/mol. The highest BCUT2D eigenvalue weighted by atomic mass is 19.1. The van der Waals surface area contributed by atoms with E-state index in [1.54, 1.807) is 72.8 Å². The van der Waals surface area contributed by atoms with Crippen LogP contribution in [0.5, 0.6) is 0 Å². The van der Waals surface area contributed by atoms with Gasteiger partial charge in [0.15, 0.2) is 5.60 Å². The summed E-state index contributed by atoms with van der Waals surface area (Å²) in [7, 11) is 0. The first-order chi connectivity index (χ1) is 12.6. The van der Waals surface area contributed by atoms with Crippen molar-refractivity contribution in [3.63, 3.8) is 0 Å². The molecule has 1 amide bonds. The fourth-order valence-corrected chi connectivity index (χ4v) is 2.61. The topological polar surface area (TPSA) is 61.7 Å². The lowest BCUT2D eigenvalue weighted by Gasteiger charge is -2.27. The van der Waals surface area contributed by atoms with Crippen LogP contribution in [0.2, 0.25) is 0 Å². The summed E-state index contributed by atoms with van der Waals surface area (Å²) < 4.78 is 13.6. The Hall–Kier alpha value is -3.31. The van der Waals surface area contributed by atoms with Crippen molar-refractivity contribution < 1.29 is 14.3 Å². The quantitative estimate of drug-likeness (QED) is 0.549. The van der Waals surface area contributed by atoms with Gasteiger partial charge in [0.05, 0.1) is 6.21 Å². The molecule has 0 saturated carbocycles. The number of amides is 1. The van der Waals surface area contributed by atoms with Gasteiger partial charge in [-0.05, 0) is 17.2 Å². The maximum Gasteiger partial charge on any atom is 0.281 e. The summed E-state index contributed by atoms with van der Waals surface area (Å²) in [6.45, 7) is 0. The first-order valence-corrected chi connectivity index (χ1v) is 8.04. The van der Waals surface area contributed by atoms with Crippen LogP contribution in [0, 0.1) is 5.82 Å². The van der Waals surface area contributed by atoms with Crippen LogP contribution in [-0.2, 0) is 10.4 Å². The largest absolute Gasteiger partial charge is 0.372 e. The third-order valence-corrected chi connectivity index (χ3v) is 3.99. The van der Waals surface area contributed by atoms with Crippen LogP contribution in [0.25, 0.3) is 0 Å². The Morgan fingerprint density at radius 3 is 1.92 bits per heavy atom. The Balaban J connectivity index is 1.90. The Bertz CT molecular complexity index is 872. The molecule has 0 aliphatic rings. The van der Waals surface area contributed by atoms with Gasteiger partial charge in [-0.15, -0.1) is 0 Å². The molecule has 0 atom stereocenters. The zero-order valence-electron chi connectivity index (χ0n) is 13.8. The van der Waals surface area contributed by atoms with Crippen molar-refractivity contribution in [1.29, 1.82) is 0 Å². The van der Waals surface area contributed by atoms with Gasteiger partial charge in [-0.3, -0.25) is 4.79 Å². The van der Waals surface area contributed by atoms with Gasteiger partial charge in [0, 0.05) is 5.56 Å². The van der Waals surface area contributed by atoms with Gasteiger partial charge in [-0.1, -0.05) is 78.9 Å². The van der Waals surface area contributed by atoms with E-state index in [4.69, 9.17) is 0 Å². The summed E-state index contributed by atoms with van der Waals surface area (Å²) in [6.07, 6.45) is 1.20. The lowest BCUT2D eigenvalue weighted by molar-refractivity contribution is -0.136. The maximum atomic E-state index is 13.6. The van der Waals surface area contributed by atoms with Crippen molar-refractivity contribution in [2.45, 2.75) is 5.60 Å². The van der Waals surface area contributed by atoms with Crippen LogP contribution >= 0.6 is 0 Å².